The second-order valence-corrected chi connectivity index (χ2v) is 3.58. The van der Waals surface area contributed by atoms with Gasteiger partial charge in [-0.05, 0) is 5.92 Å². The maximum Gasteiger partial charge on any atom is 0.410 e. The molecule has 3 N–H and O–H groups in total. The van der Waals surface area contributed by atoms with Gasteiger partial charge in [0.25, 0.3) is 0 Å². The van der Waals surface area contributed by atoms with Gasteiger partial charge in [-0.15, -0.1) is 0 Å². The summed E-state index contributed by atoms with van der Waals surface area (Å²) in [6.45, 7) is 3.74. The highest BCUT2D eigenvalue weighted by atomic mass is 16.6. The van der Waals surface area contributed by atoms with E-state index >= 15 is 0 Å². The summed E-state index contributed by atoms with van der Waals surface area (Å²) in [7, 11) is 0. The van der Waals surface area contributed by atoms with Crippen molar-refractivity contribution in [2.45, 2.75) is 13.8 Å². The molecule has 0 aromatic heterocycles. The van der Waals surface area contributed by atoms with Crippen LogP contribution in [0.25, 0.3) is 0 Å². The molecule has 88 valence electrons. The van der Waals surface area contributed by atoms with E-state index in [9.17, 15) is 9.59 Å². The summed E-state index contributed by atoms with van der Waals surface area (Å²) in [6, 6.07) is 0. The van der Waals surface area contributed by atoms with Crippen LogP contribution in [0.5, 0.6) is 0 Å². The molecule has 0 radical (unpaired) electrons. The van der Waals surface area contributed by atoms with Crippen molar-refractivity contribution in [2.24, 2.45) is 11.7 Å². The Morgan fingerprint density at radius 1 is 1.47 bits per heavy atom. The Kier molecular flexibility index (Phi) is 6.44. The minimum Gasteiger partial charge on any atom is -0.447 e. The number of hydrogen-bond donors (Lipinski definition) is 2. The minimum absolute atomic E-state index is 0.0772. The Morgan fingerprint density at radius 2 is 2.07 bits per heavy atom. The zero-order valence-corrected chi connectivity index (χ0v) is 9.10. The third-order valence-electron chi connectivity index (χ3n) is 1.51. The summed E-state index contributed by atoms with van der Waals surface area (Å²) in [5.74, 6) is -0.373. The number of amides is 2. The zero-order valence-electron chi connectivity index (χ0n) is 9.10. The van der Waals surface area contributed by atoms with Crippen molar-refractivity contribution < 1.29 is 19.4 Å². The van der Waals surface area contributed by atoms with E-state index in [-0.39, 0.29) is 25.7 Å². The van der Waals surface area contributed by atoms with Crippen LogP contribution in [0.1, 0.15) is 13.8 Å². The molecule has 0 fully saturated rings. The number of hydrogen-bond acceptors (Lipinski definition) is 4. The average molecular weight is 218 g/mol. The molecule has 0 unspecified atom stereocenters. The number of nitrogens with two attached hydrogens (primary N) is 1. The molecular formula is C9H18N2O4. The summed E-state index contributed by atoms with van der Waals surface area (Å²) < 4.78 is 4.68. The fourth-order valence-electron chi connectivity index (χ4n) is 1.06. The van der Waals surface area contributed by atoms with Crippen molar-refractivity contribution >= 4 is 12.0 Å². The quantitative estimate of drug-likeness (QED) is 0.632. The van der Waals surface area contributed by atoms with E-state index in [1.807, 2.05) is 13.8 Å². The Labute approximate surface area is 89.0 Å². The zero-order chi connectivity index (χ0) is 11.8. The molecule has 2 amide bonds. The van der Waals surface area contributed by atoms with Crippen LogP contribution in [0.15, 0.2) is 0 Å². The molecule has 6 heteroatoms. The van der Waals surface area contributed by atoms with Crippen molar-refractivity contribution in [3.05, 3.63) is 0 Å². The molecule has 0 saturated carbocycles. The van der Waals surface area contributed by atoms with Gasteiger partial charge in [-0.25, -0.2) is 4.79 Å². The van der Waals surface area contributed by atoms with Gasteiger partial charge >= 0.3 is 6.09 Å². The second kappa shape index (κ2) is 7.05. The number of ether oxygens (including phenoxy) is 1. The van der Waals surface area contributed by atoms with Crippen LogP contribution in [0, 0.1) is 5.92 Å². The first kappa shape index (κ1) is 13.7. The topological polar surface area (TPSA) is 92.9 Å². The molecule has 0 bridgehead atoms. The monoisotopic (exact) mass is 218 g/mol. The van der Waals surface area contributed by atoms with Crippen LogP contribution < -0.4 is 5.73 Å². The predicted molar refractivity (Wildman–Crippen MR) is 54.0 cm³/mol. The highest BCUT2D eigenvalue weighted by Crippen LogP contribution is 2.00. The molecule has 0 aliphatic heterocycles. The van der Waals surface area contributed by atoms with Crippen LogP contribution in [0.2, 0.25) is 0 Å². The number of aliphatic hydroxyl groups is 1. The van der Waals surface area contributed by atoms with E-state index < -0.39 is 12.0 Å². The van der Waals surface area contributed by atoms with E-state index in [1.54, 1.807) is 0 Å². The SMILES string of the molecule is CC(C)CN(CC(N)=O)C(=O)OCCO. The number of aliphatic hydroxyl groups excluding tert-OH is 1. The summed E-state index contributed by atoms with van der Waals surface area (Å²) in [6.07, 6.45) is -0.628. The van der Waals surface area contributed by atoms with E-state index in [1.165, 1.54) is 4.90 Å². The Bertz CT molecular complexity index is 218. The summed E-state index contributed by atoms with van der Waals surface area (Å²) in [5.41, 5.74) is 5.00. The molecule has 0 saturated heterocycles. The first-order chi connectivity index (χ1) is 6.97. The second-order valence-electron chi connectivity index (χ2n) is 3.58. The maximum absolute atomic E-state index is 11.4. The minimum atomic E-state index is -0.628. The van der Waals surface area contributed by atoms with Crippen molar-refractivity contribution in [3.63, 3.8) is 0 Å². The van der Waals surface area contributed by atoms with E-state index in [4.69, 9.17) is 10.8 Å². The lowest BCUT2D eigenvalue weighted by molar-refractivity contribution is -0.119. The number of carbonyl (C=O) groups excluding carboxylic acids is 2. The molecular weight excluding hydrogens is 200 g/mol. The lowest BCUT2D eigenvalue weighted by Gasteiger charge is -2.22. The molecule has 0 atom stereocenters. The van der Waals surface area contributed by atoms with Gasteiger partial charge in [0.1, 0.15) is 13.2 Å². The third-order valence-corrected chi connectivity index (χ3v) is 1.51. The van der Waals surface area contributed by atoms with Crippen molar-refractivity contribution in [1.82, 2.24) is 4.90 Å². The first-order valence-electron chi connectivity index (χ1n) is 4.78. The standard InChI is InChI=1S/C9H18N2O4/c1-7(2)5-11(6-8(10)13)9(14)15-4-3-12/h7,12H,3-6H2,1-2H3,(H2,10,13). The molecule has 0 aliphatic carbocycles. The van der Waals surface area contributed by atoms with Gasteiger partial charge in [0.05, 0.1) is 6.61 Å². The third kappa shape index (κ3) is 6.73. The Morgan fingerprint density at radius 3 is 2.47 bits per heavy atom. The molecule has 0 aromatic rings. The number of carbonyl (C=O) groups is 2. The predicted octanol–water partition coefficient (Wildman–Crippen LogP) is -0.441. The summed E-state index contributed by atoms with van der Waals surface area (Å²) >= 11 is 0. The van der Waals surface area contributed by atoms with Crippen LogP contribution in [-0.2, 0) is 9.53 Å². The normalized spacial score (nSPS) is 10.1. The van der Waals surface area contributed by atoms with Crippen molar-refractivity contribution in [1.29, 1.82) is 0 Å². The van der Waals surface area contributed by atoms with E-state index in [0.717, 1.165) is 0 Å². The van der Waals surface area contributed by atoms with Crippen molar-refractivity contribution in [3.8, 4) is 0 Å². The van der Waals surface area contributed by atoms with Gasteiger partial charge in [0, 0.05) is 6.54 Å². The largest absolute Gasteiger partial charge is 0.447 e. The first-order valence-corrected chi connectivity index (χ1v) is 4.78. The summed E-state index contributed by atoms with van der Waals surface area (Å²) in [5, 5.41) is 8.47. The van der Waals surface area contributed by atoms with Gasteiger partial charge in [-0.1, -0.05) is 13.8 Å². The molecule has 0 heterocycles. The van der Waals surface area contributed by atoms with Crippen LogP contribution in [-0.4, -0.2) is 48.3 Å². The van der Waals surface area contributed by atoms with Crippen LogP contribution >= 0.6 is 0 Å². The highest BCUT2D eigenvalue weighted by molar-refractivity contribution is 5.80. The van der Waals surface area contributed by atoms with E-state index in [0.29, 0.717) is 6.54 Å². The lowest BCUT2D eigenvalue weighted by Crippen LogP contribution is -2.41. The maximum atomic E-state index is 11.4. The summed E-state index contributed by atoms with van der Waals surface area (Å²) in [4.78, 5) is 23.3. The Balaban J connectivity index is 4.20. The van der Waals surface area contributed by atoms with E-state index in [2.05, 4.69) is 4.74 Å². The fraction of sp³-hybridized carbons (Fsp3) is 0.778. The van der Waals surface area contributed by atoms with Crippen LogP contribution in [0.4, 0.5) is 4.79 Å². The van der Waals surface area contributed by atoms with Gasteiger partial charge in [-0.3, -0.25) is 9.69 Å². The number of primary amides is 1. The molecule has 0 aromatic carbocycles. The number of rotatable bonds is 6. The fourth-order valence-corrected chi connectivity index (χ4v) is 1.06. The lowest BCUT2D eigenvalue weighted by atomic mass is 10.2. The molecule has 0 aliphatic rings. The molecule has 15 heavy (non-hydrogen) atoms. The van der Waals surface area contributed by atoms with Crippen LogP contribution in [0.3, 0.4) is 0 Å². The van der Waals surface area contributed by atoms with Gasteiger partial charge < -0.3 is 15.6 Å². The molecule has 6 nitrogen and oxygen atoms in total. The van der Waals surface area contributed by atoms with Crippen molar-refractivity contribution in [2.75, 3.05) is 26.3 Å². The van der Waals surface area contributed by atoms with Gasteiger partial charge in [-0.2, -0.15) is 0 Å². The number of nitrogens with zero attached hydrogens (tertiary/aromatic N) is 1. The molecule has 0 spiro atoms. The Hall–Kier alpha value is -1.30. The van der Waals surface area contributed by atoms with Gasteiger partial charge in [0.15, 0.2) is 0 Å². The smallest absolute Gasteiger partial charge is 0.410 e. The molecule has 0 rings (SSSR count). The highest BCUT2D eigenvalue weighted by Gasteiger charge is 2.17. The van der Waals surface area contributed by atoms with Gasteiger partial charge in [0.2, 0.25) is 5.91 Å². The average Bonchev–Trinajstić information content (AvgIpc) is 2.11.